The molecule has 7 nitrogen and oxygen atoms in total. The number of sulfonamides is 1. The summed E-state index contributed by atoms with van der Waals surface area (Å²) in [4.78, 5) is 11.5. The first-order valence-corrected chi connectivity index (χ1v) is 8.31. The topological polar surface area (TPSA) is 99.5 Å². The zero-order valence-corrected chi connectivity index (χ0v) is 13.2. The number of nitrogens with zero attached hydrogens (tertiary/aromatic N) is 2. The van der Waals surface area contributed by atoms with Crippen LogP contribution in [0.25, 0.3) is 0 Å². The van der Waals surface area contributed by atoms with Gasteiger partial charge in [-0.05, 0) is 18.2 Å². The maximum Gasteiger partial charge on any atom is 0.243 e. The van der Waals surface area contributed by atoms with Gasteiger partial charge in [0, 0.05) is 13.1 Å². The van der Waals surface area contributed by atoms with Gasteiger partial charge in [-0.25, -0.2) is 8.42 Å². The van der Waals surface area contributed by atoms with Gasteiger partial charge in [0.25, 0.3) is 0 Å². The van der Waals surface area contributed by atoms with Crippen LogP contribution in [0, 0.1) is 11.3 Å². The molecule has 2 rings (SSSR count). The molecule has 118 valence electrons. The molecule has 0 saturated carbocycles. The summed E-state index contributed by atoms with van der Waals surface area (Å²) in [6, 6.07) is 5.78. The fourth-order valence-corrected chi connectivity index (χ4v) is 3.56. The van der Waals surface area contributed by atoms with Crippen molar-refractivity contribution in [3.8, 4) is 6.07 Å². The van der Waals surface area contributed by atoms with E-state index in [0.29, 0.717) is 13.2 Å². The summed E-state index contributed by atoms with van der Waals surface area (Å²) in [6.07, 6.45) is -0.337. The SMILES string of the molecule is N#CCC(=O)Nc1cc(S(=O)(=O)N2CCOCC2)ccc1Cl. The number of carbonyl (C=O) groups is 1. The van der Waals surface area contributed by atoms with Gasteiger partial charge in [-0.2, -0.15) is 9.57 Å². The molecule has 1 aliphatic rings. The summed E-state index contributed by atoms with van der Waals surface area (Å²) in [5.74, 6) is -0.551. The lowest BCUT2D eigenvalue weighted by molar-refractivity contribution is -0.115. The molecule has 0 aromatic heterocycles. The van der Waals surface area contributed by atoms with Crippen LogP contribution in [-0.2, 0) is 19.6 Å². The molecule has 0 aliphatic carbocycles. The van der Waals surface area contributed by atoms with Crippen molar-refractivity contribution in [3.05, 3.63) is 23.2 Å². The van der Waals surface area contributed by atoms with E-state index in [9.17, 15) is 13.2 Å². The molecule has 1 saturated heterocycles. The molecule has 1 aliphatic heterocycles. The van der Waals surface area contributed by atoms with E-state index in [1.54, 1.807) is 6.07 Å². The van der Waals surface area contributed by atoms with Crippen LogP contribution in [-0.4, -0.2) is 44.9 Å². The average Bonchev–Trinajstić information content (AvgIpc) is 2.50. The zero-order chi connectivity index (χ0) is 16.2. The maximum absolute atomic E-state index is 12.5. The van der Waals surface area contributed by atoms with Crippen molar-refractivity contribution in [3.63, 3.8) is 0 Å². The van der Waals surface area contributed by atoms with Gasteiger partial charge in [-0.1, -0.05) is 11.6 Å². The quantitative estimate of drug-likeness (QED) is 0.885. The van der Waals surface area contributed by atoms with Gasteiger partial charge in [0.05, 0.1) is 34.9 Å². The number of amides is 1. The zero-order valence-electron chi connectivity index (χ0n) is 11.6. The highest BCUT2D eigenvalue weighted by molar-refractivity contribution is 7.89. The molecule has 0 spiro atoms. The van der Waals surface area contributed by atoms with Gasteiger partial charge in [0.1, 0.15) is 6.42 Å². The van der Waals surface area contributed by atoms with Crippen molar-refractivity contribution in [2.24, 2.45) is 0 Å². The minimum Gasteiger partial charge on any atom is -0.379 e. The average molecular weight is 344 g/mol. The number of nitriles is 1. The van der Waals surface area contributed by atoms with Crippen molar-refractivity contribution < 1.29 is 17.9 Å². The number of hydrogen-bond acceptors (Lipinski definition) is 5. The maximum atomic E-state index is 12.5. The summed E-state index contributed by atoms with van der Waals surface area (Å²) >= 11 is 5.95. The van der Waals surface area contributed by atoms with E-state index < -0.39 is 15.9 Å². The Labute approximate surface area is 133 Å². The van der Waals surface area contributed by atoms with E-state index in [1.165, 1.54) is 22.5 Å². The molecule has 1 fully saturated rings. The minimum atomic E-state index is -3.67. The van der Waals surface area contributed by atoms with Crippen LogP contribution in [0.4, 0.5) is 5.69 Å². The van der Waals surface area contributed by atoms with Crippen LogP contribution in [0.2, 0.25) is 5.02 Å². The number of nitrogens with one attached hydrogen (secondary N) is 1. The third kappa shape index (κ3) is 3.75. The highest BCUT2D eigenvalue weighted by Crippen LogP contribution is 2.27. The van der Waals surface area contributed by atoms with Gasteiger partial charge in [0.2, 0.25) is 15.9 Å². The standard InChI is InChI=1S/C13H14ClN3O4S/c14-11-2-1-10(9-12(11)16-13(18)3-4-15)22(19,20)17-5-7-21-8-6-17/h1-2,9H,3,5-8H2,(H,16,18). The number of halogens is 1. The Kier molecular flexibility index (Phi) is 5.37. The fraction of sp³-hybridized carbons (Fsp3) is 0.385. The molecule has 0 radical (unpaired) electrons. The van der Waals surface area contributed by atoms with Crippen molar-refractivity contribution in [2.75, 3.05) is 31.6 Å². The number of hydrogen-bond donors (Lipinski definition) is 1. The second-order valence-electron chi connectivity index (χ2n) is 4.54. The number of anilines is 1. The van der Waals surface area contributed by atoms with Gasteiger partial charge in [-0.15, -0.1) is 0 Å². The number of morpholine rings is 1. The Morgan fingerprint density at radius 3 is 2.73 bits per heavy atom. The first-order valence-electron chi connectivity index (χ1n) is 6.49. The first-order chi connectivity index (χ1) is 10.4. The van der Waals surface area contributed by atoms with Crippen LogP contribution < -0.4 is 5.32 Å². The predicted molar refractivity (Wildman–Crippen MR) is 79.9 cm³/mol. The first kappa shape index (κ1) is 16.7. The number of carbonyl (C=O) groups excluding carboxylic acids is 1. The van der Waals surface area contributed by atoms with Gasteiger partial charge in [0.15, 0.2) is 0 Å². The van der Waals surface area contributed by atoms with E-state index in [0.717, 1.165) is 0 Å². The Balaban J connectivity index is 2.28. The lowest BCUT2D eigenvalue weighted by atomic mass is 10.3. The van der Waals surface area contributed by atoms with E-state index >= 15 is 0 Å². The third-order valence-electron chi connectivity index (χ3n) is 3.06. The van der Waals surface area contributed by atoms with Crippen molar-refractivity contribution in [2.45, 2.75) is 11.3 Å². The fourth-order valence-electron chi connectivity index (χ4n) is 1.96. The molecule has 0 atom stereocenters. The van der Waals surface area contributed by atoms with Gasteiger partial charge < -0.3 is 10.1 Å². The Hall–Kier alpha value is -1.66. The summed E-state index contributed by atoms with van der Waals surface area (Å²) in [5.41, 5.74) is 0.163. The molecule has 9 heteroatoms. The lowest BCUT2D eigenvalue weighted by Gasteiger charge is -2.26. The molecular formula is C13H14ClN3O4S. The number of benzene rings is 1. The van der Waals surface area contributed by atoms with Crippen LogP contribution in [0.1, 0.15) is 6.42 Å². The number of ether oxygens (including phenoxy) is 1. The summed E-state index contributed by atoms with van der Waals surface area (Å²) in [6.45, 7) is 1.25. The number of rotatable bonds is 4. The molecule has 1 aromatic carbocycles. The molecule has 0 bridgehead atoms. The van der Waals surface area contributed by atoms with Crippen LogP contribution >= 0.6 is 11.6 Å². The van der Waals surface area contributed by atoms with Crippen LogP contribution in [0.15, 0.2) is 23.1 Å². The van der Waals surface area contributed by atoms with E-state index in [2.05, 4.69) is 5.32 Å². The molecule has 1 amide bonds. The van der Waals surface area contributed by atoms with Crippen molar-refractivity contribution in [1.29, 1.82) is 5.26 Å². The second kappa shape index (κ2) is 7.07. The second-order valence-corrected chi connectivity index (χ2v) is 6.89. The molecular weight excluding hydrogens is 330 g/mol. The van der Waals surface area contributed by atoms with E-state index in [1.807, 2.05) is 0 Å². The van der Waals surface area contributed by atoms with Crippen LogP contribution in [0.3, 0.4) is 0 Å². The molecule has 1 N–H and O–H groups in total. The Morgan fingerprint density at radius 2 is 2.09 bits per heavy atom. The molecule has 1 aromatic rings. The molecule has 0 unspecified atom stereocenters. The van der Waals surface area contributed by atoms with Crippen molar-refractivity contribution >= 4 is 33.2 Å². The summed E-state index contributed by atoms with van der Waals surface area (Å²) in [7, 11) is -3.67. The Bertz CT molecular complexity index is 708. The smallest absolute Gasteiger partial charge is 0.243 e. The normalized spacial score (nSPS) is 16.0. The van der Waals surface area contributed by atoms with Gasteiger partial charge >= 0.3 is 0 Å². The van der Waals surface area contributed by atoms with Crippen LogP contribution in [0.5, 0.6) is 0 Å². The predicted octanol–water partition coefficient (Wildman–Crippen LogP) is 1.21. The van der Waals surface area contributed by atoms with E-state index in [-0.39, 0.29) is 35.1 Å². The highest BCUT2D eigenvalue weighted by Gasteiger charge is 2.27. The van der Waals surface area contributed by atoms with E-state index in [4.69, 9.17) is 21.6 Å². The minimum absolute atomic E-state index is 0.0334. The molecule has 1 heterocycles. The monoisotopic (exact) mass is 343 g/mol. The van der Waals surface area contributed by atoms with Gasteiger partial charge in [-0.3, -0.25) is 4.79 Å². The summed E-state index contributed by atoms with van der Waals surface area (Å²) in [5, 5.41) is 11.1. The lowest BCUT2D eigenvalue weighted by Crippen LogP contribution is -2.40. The third-order valence-corrected chi connectivity index (χ3v) is 5.28. The Morgan fingerprint density at radius 1 is 1.41 bits per heavy atom. The highest BCUT2D eigenvalue weighted by atomic mass is 35.5. The van der Waals surface area contributed by atoms with Crippen molar-refractivity contribution in [1.82, 2.24) is 4.31 Å². The summed E-state index contributed by atoms with van der Waals surface area (Å²) < 4.78 is 31.5. The largest absolute Gasteiger partial charge is 0.379 e. The molecule has 22 heavy (non-hydrogen) atoms.